The number of hydrogen-bond acceptors (Lipinski definition) is 2. The molecule has 0 aliphatic carbocycles. The molecule has 2 rings (SSSR count). The van der Waals surface area contributed by atoms with E-state index >= 15 is 0 Å². The molecular weight excluding hydrogens is 296 g/mol. The van der Waals surface area contributed by atoms with Crippen LogP contribution >= 0.6 is 27.3 Å². The molecule has 88 valence electrons. The third-order valence-corrected chi connectivity index (χ3v) is 4.15. The van der Waals surface area contributed by atoms with Crippen LogP contribution in [0.3, 0.4) is 0 Å². The predicted molar refractivity (Wildman–Crippen MR) is 75.9 cm³/mol. The predicted octanol–water partition coefficient (Wildman–Crippen LogP) is 4.69. The lowest BCUT2D eigenvalue weighted by molar-refractivity contribution is 0.104. The number of halogens is 1. The highest BCUT2D eigenvalue weighted by Crippen LogP contribution is 2.24. The van der Waals surface area contributed by atoms with Crippen molar-refractivity contribution in [1.82, 2.24) is 0 Å². The van der Waals surface area contributed by atoms with Gasteiger partial charge >= 0.3 is 0 Å². The highest BCUT2D eigenvalue weighted by molar-refractivity contribution is 9.11. The molecule has 3 heteroatoms. The van der Waals surface area contributed by atoms with Crippen LogP contribution in [0.25, 0.3) is 0 Å². The van der Waals surface area contributed by atoms with E-state index in [1.807, 2.05) is 30.3 Å². The second kappa shape index (κ2) is 5.61. The minimum atomic E-state index is 0.110. The highest BCUT2D eigenvalue weighted by atomic mass is 79.9. The van der Waals surface area contributed by atoms with E-state index < -0.39 is 0 Å². The Bertz CT molecular complexity index is 531. The lowest BCUT2D eigenvalue weighted by atomic mass is 10.0. The maximum atomic E-state index is 12.2. The number of rotatable bonds is 4. The number of aryl methyl sites for hydroxylation is 1. The Morgan fingerprint density at radius 1 is 1.29 bits per heavy atom. The van der Waals surface area contributed by atoms with E-state index in [4.69, 9.17) is 0 Å². The highest BCUT2D eigenvalue weighted by Gasteiger charge is 2.11. The Hall–Kier alpha value is -0.930. The SMILES string of the molecule is CCCc1cccc(C(=O)c2ccc(Br)s2)c1. The van der Waals surface area contributed by atoms with E-state index in [0.29, 0.717) is 0 Å². The van der Waals surface area contributed by atoms with Crippen LogP contribution in [-0.2, 0) is 6.42 Å². The second-order valence-corrected chi connectivity index (χ2v) is 6.35. The lowest BCUT2D eigenvalue weighted by Crippen LogP contribution is -1.99. The van der Waals surface area contributed by atoms with E-state index in [9.17, 15) is 4.79 Å². The van der Waals surface area contributed by atoms with Crippen molar-refractivity contribution in [3.05, 3.63) is 56.2 Å². The third-order valence-electron chi connectivity index (χ3n) is 2.52. The lowest BCUT2D eigenvalue weighted by Gasteiger charge is -2.02. The maximum Gasteiger partial charge on any atom is 0.202 e. The number of carbonyl (C=O) groups is 1. The Morgan fingerprint density at radius 3 is 2.76 bits per heavy atom. The van der Waals surface area contributed by atoms with Gasteiger partial charge in [-0.1, -0.05) is 31.5 Å². The molecule has 0 bridgehead atoms. The van der Waals surface area contributed by atoms with Crippen molar-refractivity contribution in [2.24, 2.45) is 0 Å². The van der Waals surface area contributed by atoms with Crippen LogP contribution in [0.1, 0.15) is 34.1 Å². The van der Waals surface area contributed by atoms with Gasteiger partial charge in [0.1, 0.15) is 0 Å². The van der Waals surface area contributed by atoms with Crippen molar-refractivity contribution in [2.45, 2.75) is 19.8 Å². The summed E-state index contributed by atoms with van der Waals surface area (Å²) in [5.74, 6) is 0.110. The average molecular weight is 309 g/mol. The third kappa shape index (κ3) is 3.05. The molecule has 0 unspecified atom stereocenters. The van der Waals surface area contributed by atoms with Crippen molar-refractivity contribution in [3.8, 4) is 0 Å². The molecule has 0 amide bonds. The molecule has 0 saturated carbocycles. The molecule has 0 radical (unpaired) electrons. The minimum Gasteiger partial charge on any atom is -0.288 e. The summed E-state index contributed by atoms with van der Waals surface area (Å²) in [6.45, 7) is 2.14. The van der Waals surface area contributed by atoms with Crippen molar-refractivity contribution in [2.75, 3.05) is 0 Å². The Labute approximate surface area is 114 Å². The summed E-state index contributed by atoms with van der Waals surface area (Å²) in [5.41, 5.74) is 2.01. The molecule has 0 fully saturated rings. The average Bonchev–Trinajstić information content (AvgIpc) is 2.76. The van der Waals surface area contributed by atoms with Crippen LogP contribution in [0, 0.1) is 0 Å². The molecule has 0 aliphatic heterocycles. The minimum absolute atomic E-state index is 0.110. The fourth-order valence-corrected chi connectivity index (χ4v) is 3.08. The maximum absolute atomic E-state index is 12.2. The zero-order valence-electron chi connectivity index (χ0n) is 9.57. The van der Waals surface area contributed by atoms with Crippen molar-refractivity contribution in [1.29, 1.82) is 0 Å². The zero-order chi connectivity index (χ0) is 12.3. The quantitative estimate of drug-likeness (QED) is 0.749. The van der Waals surface area contributed by atoms with E-state index in [2.05, 4.69) is 28.9 Å². The molecular formula is C14H13BrOS. The second-order valence-electron chi connectivity index (χ2n) is 3.88. The van der Waals surface area contributed by atoms with Gasteiger partial charge in [-0.2, -0.15) is 0 Å². The molecule has 1 aromatic heterocycles. The van der Waals surface area contributed by atoms with Gasteiger partial charge < -0.3 is 0 Å². The summed E-state index contributed by atoms with van der Waals surface area (Å²) in [6.07, 6.45) is 2.12. The normalized spacial score (nSPS) is 10.5. The van der Waals surface area contributed by atoms with Gasteiger partial charge in [0.05, 0.1) is 8.66 Å². The summed E-state index contributed by atoms with van der Waals surface area (Å²) in [5, 5.41) is 0. The first-order chi connectivity index (χ1) is 8.20. The number of carbonyl (C=O) groups excluding carboxylic acids is 1. The fourth-order valence-electron chi connectivity index (χ4n) is 1.74. The fraction of sp³-hybridized carbons (Fsp3) is 0.214. The van der Waals surface area contributed by atoms with Gasteiger partial charge in [-0.3, -0.25) is 4.79 Å². The molecule has 1 nitrogen and oxygen atoms in total. The molecule has 0 spiro atoms. The molecule has 2 aromatic rings. The van der Waals surface area contributed by atoms with E-state index in [1.165, 1.54) is 16.9 Å². The van der Waals surface area contributed by atoms with E-state index in [0.717, 1.165) is 27.1 Å². The van der Waals surface area contributed by atoms with Crippen LogP contribution in [-0.4, -0.2) is 5.78 Å². The first-order valence-corrected chi connectivity index (χ1v) is 7.20. The standard InChI is InChI=1S/C14H13BrOS/c1-2-4-10-5-3-6-11(9-10)14(16)12-7-8-13(15)17-12/h3,5-9H,2,4H2,1H3. The van der Waals surface area contributed by atoms with Gasteiger partial charge in [-0.15, -0.1) is 11.3 Å². The summed E-state index contributed by atoms with van der Waals surface area (Å²) < 4.78 is 0.991. The van der Waals surface area contributed by atoms with Crippen LogP contribution in [0.5, 0.6) is 0 Å². The van der Waals surface area contributed by atoms with Gasteiger partial charge in [0, 0.05) is 5.56 Å². The van der Waals surface area contributed by atoms with Gasteiger partial charge in [0.2, 0.25) is 5.78 Å². The Morgan fingerprint density at radius 2 is 2.12 bits per heavy atom. The molecule has 1 aromatic carbocycles. The number of ketones is 1. The molecule has 17 heavy (non-hydrogen) atoms. The van der Waals surface area contributed by atoms with Gasteiger partial charge in [0.15, 0.2) is 0 Å². The molecule has 0 atom stereocenters. The van der Waals surface area contributed by atoms with Crippen molar-refractivity contribution >= 4 is 33.0 Å². The largest absolute Gasteiger partial charge is 0.288 e. The van der Waals surface area contributed by atoms with E-state index in [1.54, 1.807) is 0 Å². The van der Waals surface area contributed by atoms with Crippen molar-refractivity contribution < 1.29 is 4.79 Å². The van der Waals surface area contributed by atoms with Crippen molar-refractivity contribution in [3.63, 3.8) is 0 Å². The Kier molecular flexibility index (Phi) is 4.13. The molecule has 1 heterocycles. The smallest absolute Gasteiger partial charge is 0.202 e. The number of thiophene rings is 1. The van der Waals surface area contributed by atoms with Gasteiger partial charge in [-0.25, -0.2) is 0 Å². The van der Waals surface area contributed by atoms with Gasteiger partial charge in [-0.05, 0) is 46.1 Å². The monoisotopic (exact) mass is 308 g/mol. The topological polar surface area (TPSA) is 17.1 Å². The number of hydrogen-bond donors (Lipinski definition) is 0. The summed E-state index contributed by atoms with van der Waals surface area (Å²) in [4.78, 5) is 13.0. The summed E-state index contributed by atoms with van der Waals surface area (Å²) >= 11 is 4.86. The van der Waals surface area contributed by atoms with Crippen LogP contribution in [0.15, 0.2) is 40.2 Å². The van der Waals surface area contributed by atoms with Crippen LogP contribution in [0.2, 0.25) is 0 Å². The molecule has 0 N–H and O–H groups in total. The molecule has 0 aliphatic rings. The summed E-state index contributed by atoms with van der Waals surface area (Å²) in [6, 6.07) is 11.7. The van der Waals surface area contributed by atoms with Gasteiger partial charge in [0.25, 0.3) is 0 Å². The number of benzene rings is 1. The zero-order valence-corrected chi connectivity index (χ0v) is 12.0. The summed E-state index contributed by atoms with van der Waals surface area (Å²) in [7, 11) is 0. The first-order valence-electron chi connectivity index (χ1n) is 5.59. The van der Waals surface area contributed by atoms with Crippen LogP contribution in [0.4, 0.5) is 0 Å². The Balaban J connectivity index is 2.27. The van der Waals surface area contributed by atoms with E-state index in [-0.39, 0.29) is 5.78 Å². The molecule has 0 saturated heterocycles. The van der Waals surface area contributed by atoms with Crippen LogP contribution < -0.4 is 0 Å². The first kappa shape index (κ1) is 12.5.